The predicted molar refractivity (Wildman–Crippen MR) is 156 cm³/mol. The summed E-state index contributed by atoms with van der Waals surface area (Å²) < 4.78 is 14.5. The van der Waals surface area contributed by atoms with Crippen LogP contribution in [0.1, 0.15) is 38.1 Å². The summed E-state index contributed by atoms with van der Waals surface area (Å²) in [4.78, 5) is 28.1. The van der Waals surface area contributed by atoms with E-state index in [1.165, 1.54) is 6.07 Å². The third kappa shape index (κ3) is 4.41. The maximum Gasteiger partial charge on any atom is 0.348 e. The van der Waals surface area contributed by atoms with E-state index in [-0.39, 0.29) is 10.9 Å². The van der Waals surface area contributed by atoms with Crippen LogP contribution in [0.25, 0.3) is 44.0 Å². The van der Waals surface area contributed by atoms with Gasteiger partial charge in [0, 0.05) is 47.5 Å². The SMILES string of the molecule is CCN(CC)c1ccc2c(-c3ccc(N)cc3C(=O)O)c3c(=O)oc4cc(=[N+](CC)CC)ccc4c3oc2c1. The Morgan fingerprint density at radius 1 is 0.897 bits per heavy atom. The summed E-state index contributed by atoms with van der Waals surface area (Å²) in [5.41, 5.74) is 8.72. The lowest BCUT2D eigenvalue weighted by atomic mass is 9.93. The molecule has 39 heavy (non-hydrogen) atoms. The van der Waals surface area contributed by atoms with Crippen LogP contribution in [-0.4, -0.2) is 37.3 Å². The molecule has 8 nitrogen and oxygen atoms in total. The van der Waals surface area contributed by atoms with Crippen LogP contribution in [0.5, 0.6) is 0 Å². The number of fused-ring (bicyclic) bond motifs is 4. The highest BCUT2D eigenvalue weighted by Crippen LogP contribution is 2.40. The molecule has 0 saturated carbocycles. The minimum Gasteiger partial charge on any atom is -0.478 e. The second-order valence-electron chi connectivity index (χ2n) is 9.39. The average Bonchev–Trinajstić information content (AvgIpc) is 2.93. The van der Waals surface area contributed by atoms with Gasteiger partial charge in [-0.3, -0.25) is 0 Å². The fraction of sp³-hybridized carbons (Fsp3) is 0.258. The number of nitrogens with zero attached hydrogens (tertiary/aromatic N) is 2. The topological polar surface area (TPSA) is 113 Å². The summed E-state index contributed by atoms with van der Waals surface area (Å²) in [5, 5.41) is 12.4. The summed E-state index contributed by atoms with van der Waals surface area (Å²) in [6, 6.07) is 16.2. The number of nitrogen functional groups attached to an aromatic ring is 1. The fourth-order valence-electron chi connectivity index (χ4n) is 5.34. The zero-order valence-corrected chi connectivity index (χ0v) is 22.6. The molecule has 0 aliphatic carbocycles. The van der Waals surface area contributed by atoms with E-state index in [2.05, 4.69) is 37.2 Å². The van der Waals surface area contributed by atoms with Crippen molar-refractivity contribution in [3.63, 3.8) is 0 Å². The van der Waals surface area contributed by atoms with Gasteiger partial charge in [-0.15, -0.1) is 0 Å². The number of anilines is 2. The smallest absolute Gasteiger partial charge is 0.348 e. The fourth-order valence-corrected chi connectivity index (χ4v) is 5.34. The molecule has 3 aromatic carbocycles. The quantitative estimate of drug-likeness (QED) is 0.0973. The van der Waals surface area contributed by atoms with Crippen LogP contribution < -0.4 is 26.2 Å². The van der Waals surface area contributed by atoms with Gasteiger partial charge in [0.1, 0.15) is 29.6 Å². The van der Waals surface area contributed by atoms with Gasteiger partial charge in [-0.2, -0.15) is 0 Å². The van der Waals surface area contributed by atoms with Crippen molar-refractivity contribution >= 4 is 50.3 Å². The van der Waals surface area contributed by atoms with Crippen molar-refractivity contribution in [2.24, 2.45) is 0 Å². The molecule has 200 valence electrons. The first-order valence-electron chi connectivity index (χ1n) is 13.2. The lowest BCUT2D eigenvalue weighted by molar-refractivity contribution is 0.0697. The Morgan fingerprint density at radius 2 is 1.59 bits per heavy atom. The number of rotatable bonds is 7. The Bertz CT molecular complexity index is 1870. The molecule has 0 bridgehead atoms. The zero-order chi connectivity index (χ0) is 27.8. The highest BCUT2D eigenvalue weighted by molar-refractivity contribution is 6.16. The van der Waals surface area contributed by atoms with Crippen LogP contribution in [0.3, 0.4) is 0 Å². The molecule has 0 atom stereocenters. The number of hydrogen-bond donors (Lipinski definition) is 2. The van der Waals surface area contributed by atoms with Gasteiger partial charge in [-0.05, 0) is 63.6 Å². The summed E-state index contributed by atoms with van der Waals surface area (Å²) in [6.07, 6.45) is 0. The van der Waals surface area contributed by atoms with Gasteiger partial charge in [-0.1, -0.05) is 6.07 Å². The zero-order valence-electron chi connectivity index (χ0n) is 22.6. The van der Waals surface area contributed by atoms with E-state index < -0.39 is 11.6 Å². The lowest BCUT2D eigenvalue weighted by Crippen LogP contribution is -2.29. The molecule has 2 aromatic heterocycles. The van der Waals surface area contributed by atoms with Gasteiger partial charge in [-0.25, -0.2) is 14.2 Å². The molecule has 0 saturated heterocycles. The summed E-state index contributed by atoms with van der Waals surface area (Å²) in [5.74, 6) is -1.15. The molecule has 0 radical (unpaired) electrons. The Kier molecular flexibility index (Phi) is 6.87. The van der Waals surface area contributed by atoms with Crippen molar-refractivity contribution in [2.45, 2.75) is 27.7 Å². The van der Waals surface area contributed by atoms with E-state index in [0.717, 1.165) is 37.2 Å². The summed E-state index contributed by atoms with van der Waals surface area (Å²) in [7, 11) is 0. The summed E-state index contributed by atoms with van der Waals surface area (Å²) >= 11 is 0. The average molecular weight is 527 g/mol. The molecule has 0 spiro atoms. The molecule has 0 amide bonds. The van der Waals surface area contributed by atoms with Crippen LogP contribution in [0.15, 0.2) is 68.2 Å². The van der Waals surface area contributed by atoms with Gasteiger partial charge < -0.3 is 24.6 Å². The van der Waals surface area contributed by atoms with Crippen LogP contribution in [0, 0.1) is 0 Å². The molecular weight excluding hydrogens is 494 g/mol. The van der Waals surface area contributed by atoms with Crippen molar-refractivity contribution in [2.75, 3.05) is 36.8 Å². The van der Waals surface area contributed by atoms with E-state index in [1.807, 2.05) is 36.4 Å². The second-order valence-corrected chi connectivity index (χ2v) is 9.39. The van der Waals surface area contributed by atoms with Gasteiger partial charge >= 0.3 is 11.6 Å². The van der Waals surface area contributed by atoms with Gasteiger partial charge in [0.15, 0.2) is 5.58 Å². The molecule has 5 rings (SSSR count). The normalized spacial score (nSPS) is 11.4. The number of hydrogen-bond acceptors (Lipinski definition) is 6. The Labute approximate surface area is 225 Å². The first kappa shape index (κ1) is 26.0. The maximum absolute atomic E-state index is 13.6. The number of nitrogens with two attached hydrogens (primary N) is 1. The number of carboxylic acid groups (broad SMARTS) is 1. The lowest BCUT2D eigenvalue weighted by Gasteiger charge is -2.22. The van der Waals surface area contributed by atoms with E-state index >= 15 is 0 Å². The van der Waals surface area contributed by atoms with Crippen molar-refractivity contribution in [3.05, 3.63) is 75.9 Å². The molecular formula is C31H32N3O5+. The predicted octanol–water partition coefficient (Wildman–Crippen LogP) is 5.30. The first-order valence-corrected chi connectivity index (χ1v) is 13.2. The molecule has 8 heteroatoms. The molecule has 0 unspecified atom stereocenters. The number of aromatic carboxylic acids is 1. The van der Waals surface area contributed by atoms with Crippen LogP contribution >= 0.6 is 0 Å². The third-order valence-electron chi connectivity index (χ3n) is 7.34. The Hall–Kier alpha value is -4.59. The minimum atomic E-state index is -1.15. The second kappa shape index (κ2) is 10.3. The van der Waals surface area contributed by atoms with Gasteiger partial charge in [0.25, 0.3) is 0 Å². The minimum absolute atomic E-state index is 0.00648. The highest BCUT2D eigenvalue weighted by atomic mass is 16.4. The third-order valence-corrected chi connectivity index (χ3v) is 7.34. The Morgan fingerprint density at radius 3 is 2.26 bits per heavy atom. The number of carbonyl (C=O) groups is 1. The van der Waals surface area contributed by atoms with Crippen molar-refractivity contribution in [1.82, 2.24) is 4.58 Å². The van der Waals surface area contributed by atoms with Gasteiger partial charge in [0.05, 0.1) is 17.0 Å². The van der Waals surface area contributed by atoms with Crippen LogP contribution in [0.2, 0.25) is 0 Å². The number of carboxylic acids is 1. The largest absolute Gasteiger partial charge is 0.478 e. The Balaban J connectivity index is 1.99. The van der Waals surface area contributed by atoms with Crippen molar-refractivity contribution < 1.29 is 18.7 Å². The molecule has 2 heterocycles. The summed E-state index contributed by atoms with van der Waals surface area (Å²) in [6.45, 7) is 11.5. The van der Waals surface area contributed by atoms with Crippen LogP contribution in [-0.2, 0) is 0 Å². The number of benzene rings is 3. The molecule has 0 aliphatic rings. The molecule has 0 fully saturated rings. The maximum atomic E-state index is 13.6. The van der Waals surface area contributed by atoms with Crippen LogP contribution in [0.4, 0.5) is 11.4 Å². The van der Waals surface area contributed by atoms with Crippen molar-refractivity contribution in [3.8, 4) is 11.1 Å². The van der Waals surface area contributed by atoms with E-state index in [1.54, 1.807) is 12.1 Å². The van der Waals surface area contributed by atoms with E-state index in [0.29, 0.717) is 44.3 Å². The highest BCUT2D eigenvalue weighted by Gasteiger charge is 2.23. The molecule has 3 N–H and O–H groups in total. The van der Waals surface area contributed by atoms with Gasteiger partial charge in [0.2, 0.25) is 5.36 Å². The van der Waals surface area contributed by atoms with E-state index in [4.69, 9.17) is 14.6 Å². The van der Waals surface area contributed by atoms with E-state index in [9.17, 15) is 14.7 Å². The standard InChI is InChI=1S/C31H31N3O5/c1-5-33(6-2)19-10-13-22-25(16-19)38-29-23-14-11-20(34(7-3)8-4)17-26(23)39-31(37)28(29)27(22)21-12-9-18(32)15-24(21)30(35)36/h9-17,32H,5-8H2,1-4H3,(H,35,36)/p+1. The first-order chi connectivity index (χ1) is 18.8. The molecule has 5 aromatic rings. The van der Waals surface area contributed by atoms with Crippen molar-refractivity contribution in [1.29, 1.82) is 0 Å². The monoisotopic (exact) mass is 526 g/mol. The molecule has 0 aliphatic heterocycles.